The van der Waals surface area contributed by atoms with E-state index in [1.54, 1.807) is 6.26 Å². The summed E-state index contributed by atoms with van der Waals surface area (Å²) in [6.45, 7) is 8.39. The predicted octanol–water partition coefficient (Wildman–Crippen LogP) is 3.38. The normalized spacial score (nSPS) is 23.8. The van der Waals surface area contributed by atoms with Crippen molar-refractivity contribution in [2.75, 3.05) is 6.54 Å². The monoisotopic (exact) mass is 266 g/mol. The maximum absolute atomic E-state index is 5.83. The van der Waals surface area contributed by atoms with E-state index in [1.165, 1.54) is 12.8 Å². The van der Waals surface area contributed by atoms with Gasteiger partial charge in [0.15, 0.2) is 0 Å². The van der Waals surface area contributed by atoms with Gasteiger partial charge in [-0.2, -0.15) is 4.98 Å². The molecule has 2 unspecified atom stereocenters. The molecule has 0 bridgehead atoms. The Labute approximate surface area is 115 Å². The van der Waals surface area contributed by atoms with Crippen molar-refractivity contribution in [2.24, 2.45) is 11.8 Å². The SMILES string of the molecule is CC(C)CNCc1coc(OC2CCCC(C)C2)n1. The van der Waals surface area contributed by atoms with Gasteiger partial charge in [0, 0.05) is 6.54 Å². The third-order valence-corrected chi connectivity index (χ3v) is 3.55. The van der Waals surface area contributed by atoms with Crippen molar-refractivity contribution in [3.8, 4) is 6.08 Å². The van der Waals surface area contributed by atoms with Crippen LogP contribution >= 0.6 is 0 Å². The highest BCUT2D eigenvalue weighted by Gasteiger charge is 2.21. The molecular formula is C15H26N2O2. The van der Waals surface area contributed by atoms with Crippen LogP contribution in [0.25, 0.3) is 0 Å². The molecule has 1 saturated carbocycles. The zero-order valence-electron chi connectivity index (χ0n) is 12.3. The molecule has 0 radical (unpaired) electrons. The predicted molar refractivity (Wildman–Crippen MR) is 75.1 cm³/mol. The lowest BCUT2D eigenvalue weighted by Crippen LogP contribution is -2.24. The van der Waals surface area contributed by atoms with Gasteiger partial charge in [-0.25, -0.2) is 0 Å². The maximum atomic E-state index is 5.83. The topological polar surface area (TPSA) is 47.3 Å². The van der Waals surface area contributed by atoms with Crippen LogP contribution in [0.1, 0.15) is 52.1 Å². The Morgan fingerprint density at radius 2 is 2.32 bits per heavy atom. The van der Waals surface area contributed by atoms with Gasteiger partial charge in [-0.1, -0.05) is 27.2 Å². The van der Waals surface area contributed by atoms with E-state index in [0.717, 1.165) is 37.5 Å². The van der Waals surface area contributed by atoms with Crippen LogP contribution in [0.4, 0.5) is 0 Å². The van der Waals surface area contributed by atoms with E-state index in [9.17, 15) is 0 Å². The molecule has 2 rings (SSSR count). The summed E-state index contributed by atoms with van der Waals surface area (Å²) < 4.78 is 11.2. The lowest BCUT2D eigenvalue weighted by molar-refractivity contribution is 0.0938. The lowest BCUT2D eigenvalue weighted by Gasteiger charge is -2.25. The molecule has 108 valence electrons. The van der Waals surface area contributed by atoms with Crippen LogP contribution in [0.3, 0.4) is 0 Å². The highest BCUT2D eigenvalue weighted by atomic mass is 16.6. The molecule has 0 spiro atoms. The average Bonchev–Trinajstić information content (AvgIpc) is 2.76. The molecule has 0 saturated heterocycles. The quantitative estimate of drug-likeness (QED) is 0.857. The first kappa shape index (κ1) is 14.4. The van der Waals surface area contributed by atoms with Crippen molar-refractivity contribution >= 4 is 0 Å². The Bertz CT molecular complexity index is 376. The van der Waals surface area contributed by atoms with Gasteiger partial charge in [0.25, 0.3) is 0 Å². The second-order valence-electron chi connectivity index (χ2n) is 6.14. The van der Waals surface area contributed by atoms with Crippen LogP contribution in [0.15, 0.2) is 10.7 Å². The van der Waals surface area contributed by atoms with Gasteiger partial charge in [0.2, 0.25) is 0 Å². The van der Waals surface area contributed by atoms with Crippen LogP contribution in [0.5, 0.6) is 6.08 Å². The van der Waals surface area contributed by atoms with Gasteiger partial charge >= 0.3 is 6.08 Å². The summed E-state index contributed by atoms with van der Waals surface area (Å²) >= 11 is 0. The minimum absolute atomic E-state index is 0.277. The van der Waals surface area contributed by atoms with Crippen LogP contribution < -0.4 is 10.1 Å². The molecule has 19 heavy (non-hydrogen) atoms. The number of ether oxygens (including phenoxy) is 1. The molecule has 1 aromatic heterocycles. The van der Waals surface area contributed by atoms with Crippen molar-refractivity contribution in [1.29, 1.82) is 0 Å². The zero-order valence-corrected chi connectivity index (χ0v) is 12.3. The fourth-order valence-corrected chi connectivity index (χ4v) is 2.54. The number of rotatable bonds is 6. The van der Waals surface area contributed by atoms with Gasteiger partial charge in [-0.05, 0) is 37.6 Å². The van der Waals surface area contributed by atoms with Crippen molar-refractivity contribution in [3.63, 3.8) is 0 Å². The first-order chi connectivity index (χ1) is 9.13. The summed E-state index contributed by atoms with van der Waals surface area (Å²) in [4.78, 5) is 4.37. The Morgan fingerprint density at radius 3 is 3.05 bits per heavy atom. The summed E-state index contributed by atoms with van der Waals surface area (Å²) in [5, 5.41) is 3.35. The molecule has 1 fully saturated rings. The maximum Gasteiger partial charge on any atom is 0.394 e. The zero-order chi connectivity index (χ0) is 13.7. The Morgan fingerprint density at radius 1 is 1.47 bits per heavy atom. The number of hydrogen-bond acceptors (Lipinski definition) is 4. The Kier molecular flexibility index (Phi) is 5.25. The van der Waals surface area contributed by atoms with E-state index >= 15 is 0 Å². The molecule has 0 aromatic carbocycles. The molecule has 4 heteroatoms. The Balaban J connectivity index is 1.77. The number of oxazole rings is 1. The van der Waals surface area contributed by atoms with Crippen LogP contribution in [0.2, 0.25) is 0 Å². The second kappa shape index (κ2) is 6.94. The minimum atomic E-state index is 0.277. The first-order valence-corrected chi connectivity index (χ1v) is 7.45. The van der Waals surface area contributed by atoms with Gasteiger partial charge in [0.1, 0.15) is 12.4 Å². The number of nitrogens with one attached hydrogen (secondary N) is 1. The minimum Gasteiger partial charge on any atom is -0.447 e. The van der Waals surface area contributed by atoms with E-state index in [4.69, 9.17) is 9.15 Å². The lowest BCUT2D eigenvalue weighted by atomic mass is 9.89. The summed E-state index contributed by atoms with van der Waals surface area (Å²) in [6, 6.07) is 0. The fourth-order valence-electron chi connectivity index (χ4n) is 2.54. The van der Waals surface area contributed by atoms with Gasteiger partial charge in [-0.3, -0.25) is 0 Å². The molecule has 4 nitrogen and oxygen atoms in total. The fraction of sp³-hybridized carbons (Fsp3) is 0.800. The average molecular weight is 266 g/mol. The van der Waals surface area contributed by atoms with Crippen LogP contribution in [-0.2, 0) is 6.54 Å². The van der Waals surface area contributed by atoms with Crippen molar-refractivity contribution in [3.05, 3.63) is 12.0 Å². The molecule has 0 aliphatic heterocycles. The molecule has 0 amide bonds. The summed E-state index contributed by atoms with van der Waals surface area (Å²) in [6.07, 6.45) is 7.19. The molecule has 2 atom stereocenters. The molecule has 1 N–H and O–H groups in total. The van der Waals surface area contributed by atoms with E-state index < -0.39 is 0 Å². The second-order valence-corrected chi connectivity index (χ2v) is 6.14. The van der Waals surface area contributed by atoms with Crippen molar-refractivity contribution in [1.82, 2.24) is 10.3 Å². The Hall–Kier alpha value is -1.03. The third-order valence-electron chi connectivity index (χ3n) is 3.55. The standard InChI is InChI=1S/C15H26N2O2/c1-11(2)8-16-9-13-10-18-15(17-13)19-14-6-4-5-12(3)7-14/h10-12,14,16H,4-9H2,1-3H3. The smallest absolute Gasteiger partial charge is 0.394 e. The van der Waals surface area contributed by atoms with Gasteiger partial charge in [0.05, 0.1) is 5.69 Å². The third kappa shape index (κ3) is 4.86. The van der Waals surface area contributed by atoms with Crippen molar-refractivity contribution < 1.29 is 9.15 Å². The van der Waals surface area contributed by atoms with E-state index in [1.807, 2.05) is 0 Å². The molecular weight excluding hydrogens is 240 g/mol. The molecule has 1 aliphatic carbocycles. The summed E-state index contributed by atoms with van der Waals surface area (Å²) in [5.41, 5.74) is 0.916. The largest absolute Gasteiger partial charge is 0.447 e. The first-order valence-electron chi connectivity index (χ1n) is 7.45. The molecule has 1 heterocycles. The number of nitrogens with zero attached hydrogens (tertiary/aromatic N) is 1. The van der Waals surface area contributed by atoms with Gasteiger partial charge in [-0.15, -0.1) is 0 Å². The van der Waals surface area contributed by atoms with E-state index in [-0.39, 0.29) is 6.10 Å². The van der Waals surface area contributed by atoms with Crippen molar-refractivity contribution in [2.45, 2.75) is 59.1 Å². The summed E-state index contributed by atoms with van der Waals surface area (Å²) in [5.74, 6) is 1.40. The number of hydrogen-bond donors (Lipinski definition) is 1. The summed E-state index contributed by atoms with van der Waals surface area (Å²) in [7, 11) is 0. The molecule has 1 aliphatic rings. The molecule has 1 aromatic rings. The van der Waals surface area contributed by atoms with E-state index in [0.29, 0.717) is 12.0 Å². The van der Waals surface area contributed by atoms with E-state index in [2.05, 4.69) is 31.1 Å². The van der Waals surface area contributed by atoms with Gasteiger partial charge < -0.3 is 14.5 Å². The van der Waals surface area contributed by atoms with Crippen LogP contribution in [-0.4, -0.2) is 17.6 Å². The highest BCUT2D eigenvalue weighted by molar-refractivity contribution is 5.00. The highest BCUT2D eigenvalue weighted by Crippen LogP contribution is 2.27. The van der Waals surface area contributed by atoms with Crippen LogP contribution in [0, 0.1) is 11.8 Å². The number of aromatic nitrogens is 1.